The first-order chi connectivity index (χ1) is 11.3. The van der Waals surface area contributed by atoms with Crippen LogP contribution in [0.2, 0.25) is 0 Å². The highest BCUT2D eigenvalue weighted by atomic mass is 32.1. The first-order valence-corrected chi connectivity index (χ1v) is 8.34. The van der Waals surface area contributed by atoms with Crippen molar-refractivity contribution < 1.29 is 9.13 Å². The van der Waals surface area contributed by atoms with E-state index in [2.05, 4.69) is 31.2 Å². The van der Waals surface area contributed by atoms with E-state index in [1.165, 1.54) is 12.1 Å². The predicted molar refractivity (Wildman–Crippen MR) is 94.7 cm³/mol. The van der Waals surface area contributed by atoms with Crippen LogP contribution in [0.4, 0.5) is 4.39 Å². The zero-order valence-electron chi connectivity index (χ0n) is 14.6. The molecule has 0 aliphatic rings. The summed E-state index contributed by atoms with van der Waals surface area (Å²) in [5.41, 5.74) is 0.993. The van der Waals surface area contributed by atoms with Crippen LogP contribution in [0.15, 0.2) is 30.6 Å². The fourth-order valence-corrected chi connectivity index (χ4v) is 2.83. The first kappa shape index (κ1) is 18.8. The van der Waals surface area contributed by atoms with Gasteiger partial charge in [0.1, 0.15) is 12.1 Å². The SMILES string of the molecule is COCCn1cnn(CNC(c2ccc(F)cc2)C(C)(C)C)c1=S. The fourth-order valence-electron chi connectivity index (χ4n) is 2.58. The van der Waals surface area contributed by atoms with Gasteiger partial charge in [0.25, 0.3) is 0 Å². The first-order valence-electron chi connectivity index (χ1n) is 7.93. The topological polar surface area (TPSA) is 44.0 Å². The van der Waals surface area contributed by atoms with Crippen LogP contribution in [0, 0.1) is 16.0 Å². The molecule has 2 aromatic rings. The van der Waals surface area contributed by atoms with E-state index in [1.54, 1.807) is 18.1 Å². The molecule has 1 aromatic heterocycles. The Morgan fingerprint density at radius 2 is 1.96 bits per heavy atom. The Balaban J connectivity index is 2.13. The minimum Gasteiger partial charge on any atom is -0.383 e. The summed E-state index contributed by atoms with van der Waals surface area (Å²) in [7, 11) is 1.66. The molecule has 0 radical (unpaired) electrons. The lowest BCUT2D eigenvalue weighted by Gasteiger charge is -2.32. The number of methoxy groups -OCH3 is 1. The molecule has 0 saturated carbocycles. The van der Waals surface area contributed by atoms with Crippen molar-refractivity contribution in [3.05, 3.63) is 46.7 Å². The summed E-state index contributed by atoms with van der Waals surface area (Å²) in [6, 6.07) is 6.65. The number of ether oxygens (including phenoxy) is 1. The van der Waals surface area contributed by atoms with E-state index >= 15 is 0 Å². The minimum atomic E-state index is -0.231. The summed E-state index contributed by atoms with van der Waals surface area (Å²) in [6.45, 7) is 8.18. The number of benzene rings is 1. The summed E-state index contributed by atoms with van der Waals surface area (Å²) in [5.74, 6) is -0.231. The van der Waals surface area contributed by atoms with Gasteiger partial charge in [-0.1, -0.05) is 32.9 Å². The van der Waals surface area contributed by atoms with E-state index in [9.17, 15) is 4.39 Å². The molecule has 1 heterocycles. The molecular formula is C17H25FN4OS. The van der Waals surface area contributed by atoms with E-state index in [4.69, 9.17) is 17.0 Å². The van der Waals surface area contributed by atoms with Crippen molar-refractivity contribution >= 4 is 12.2 Å². The lowest BCUT2D eigenvalue weighted by atomic mass is 9.82. The summed E-state index contributed by atoms with van der Waals surface area (Å²) in [5, 5.41) is 7.82. The van der Waals surface area contributed by atoms with Crippen LogP contribution in [0.1, 0.15) is 32.4 Å². The third kappa shape index (κ3) is 4.72. The Bertz CT molecular complexity index is 703. The van der Waals surface area contributed by atoms with E-state index in [0.29, 0.717) is 24.6 Å². The van der Waals surface area contributed by atoms with Crippen LogP contribution in [-0.2, 0) is 18.0 Å². The van der Waals surface area contributed by atoms with Gasteiger partial charge >= 0.3 is 0 Å². The van der Waals surface area contributed by atoms with E-state index in [-0.39, 0.29) is 17.3 Å². The normalized spacial score (nSPS) is 13.2. The van der Waals surface area contributed by atoms with Crippen molar-refractivity contribution in [2.45, 2.75) is 40.0 Å². The maximum absolute atomic E-state index is 13.2. The highest BCUT2D eigenvalue weighted by molar-refractivity contribution is 7.71. The quantitative estimate of drug-likeness (QED) is 0.774. The number of nitrogens with zero attached hydrogens (tertiary/aromatic N) is 3. The third-order valence-corrected chi connectivity index (χ3v) is 4.29. The molecule has 24 heavy (non-hydrogen) atoms. The lowest BCUT2D eigenvalue weighted by Crippen LogP contribution is -2.34. The number of rotatable bonds is 7. The van der Waals surface area contributed by atoms with Crippen molar-refractivity contribution in [2.75, 3.05) is 13.7 Å². The van der Waals surface area contributed by atoms with Gasteiger partial charge < -0.3 is 9.30 Å². The van der Waals surface area contributed by atoms with Crippen molar-refractivity contribution in [2.24, 2.45) is 5.41 Å². The van der Waals surface area contributed by atoms with Crippen LogP contribution in [-0.4, -0.2) is 28.1 Å². The van der Waals surface area contributed by atoms with Gasteiger partial charge in [-0.05, 0) is 35.3 Å². The van der Waals surface area contributed by atoms with Crippen LogP contribution in [0.3, 0.4) is 0 Å². The van der Waals surface area contributed by atoms with Gasteiger partial charge in [-0.3, -0.25) is 5.32 Å². The Morgan fingerprint density at radius 1 is 1.29 bits per heavy atom. The molecule has 1 N–H and O–H groups in total. The minimum absolute atomic E-state index is 0.0430. The highest BCUT2D eigenvalue weighted by Gasteiger charge is 2.26. The summed E-state index contributed by atoms with van der Waals surface area (Å²) in [4.78, 5) is 0. The average Bonchev–Trinajstić information content (AvgIpc) is 2.86. The van der Waals surface area contributed by atoms with Crippen LogP contribution in [0.25, 0.3) is 0 Å². The lowest BCUT2D eigenvalue weighted by molar-refractivity contribution is 0.186. The van der Waals surface area contributed by atoms with Crippen molar-refractivity contribution in [3.63, 3.8) is 0 Å². The van der Waals surface area contributed by atoms with Crippen molar-refractivity contribution in [1.82, 2.24) is 19.7 Å². The van der Waals surface area contributed by atoms with Gasteiger partial charge in [-0.15, -0.1) is 0 Å². The van der Waals surface area contributed by atoms with Gasteiger partial charge in [-0.2, -0.15) is 5.10 Å². The highest BCUT2D eigenvalue weighted by Crippen LogP contribution is 2.32. The molecule has 5 nitrogen and oxygen atoms in total. The van der Waals surface area contributed by atoms with E-state index in [1.807, 2.05) is 16.7 Å². The molecular weight excluding hydrogens is 327 g/mol. The zero-order valence-corrected chi connectivity index (χ0v) is 15.4. The maximum atomic E-state index is 13.2. The average molecular weight is 352 g/mol. The third-order valence-electron chi connectivity index (χ3n) is 3.85. The molecule has 1 unspecified atom stereocenters. The Labute approximate surface area is 147 Å². The second-order valence-electron chi connectivity index (χ2n) is 6.81. The summed E-state index contributed by atoms with van der Waals surface area (Å²) >= 11 is 5.44. The van der Waals surface area contributed by atoms with Gasteiger partial charge in [0.2, 0.25) is 0 Å². The number of nitrogens with one attached hydrogen (secondary N) is 1. The van der Waals surface area contributed by atoms with E-state index in [0.717, 1.165) is 5.56 Å². The van der Waals surface area contributed by atoms with Crippen LogP contribution >= 0.6 is 12.2 Å². The van der Waals surface area contributed by atoms with Crippen LogP contribution in [0.5, 0.6) is 0 Å². The molecule has 132 valence electrons. The van der Waals surface area contributed by atoms with Gasteiger partial charge in [0, 0.05) is 19.7 Å². The Morgan fingerprint density at radius 3 is 2.54 bits per heavy atom. The number of halogens is 1. The summed E-state index contributed by atoms with van der Waals surface area (Å²) < 4.78 is 22.5. The standard InChI is InChI=1S/C17H25FN4OS/c1-17(2,3)15(13-5-7-14(18)8-6-13)19-11-22-16(24)21(12-20-22)9-10-23-4/h5-8,12,15,19H,9-11H2,1-4H3. The molecule has 2 rings (SSSR count). The monoisotopic (exact) mass is 352 g/mol. The molecule has 0 spiro atoms. The van der Waals surface area contributed by atoms with Gasteiger partial charge in [0.05, 0.1) is 13.3 Å². The Kier molecular flexibility index (Phi) is 6.26. The van der Waals surface area contributed by atoms with Crippen LogP contribution < -0.4 is 5.32 Å². The molecule has 0 aliphatic carbocycles. The number of aromatic nitrogens is 3. The van der Waals surface area contributed by atoms with Crippen molar-refractivity contribution in [3.8, 4) is 0 Å². The molecule has 1 aromatic carbocycles. The Hall–Kier alpha value is -1.57. The second kappa shape index (κ2) is 8.00. The largest absolute Gasteiger partial charge is 0.383 e. The molecule has 0 amide bonds. The molecule has 0 aliphatic heterocycles. The smallest absolute Gasteiger partial charge is 0.198 e. The molecule has 1 atom stereocenters. The van der Waals surface area contributed by atoms with Gasteiger partial charge in [-0.25, -0.2) is 9.07 Å². The predicted octanol–water partition coefficient (Wildman–Crippen LogP) is 3.53. The maximum Gasteiger partial charge on any atom is 0.198 e. The molecule has 0 saturated heterocycles. The second-order valence-corrected chi connectivity index (χ2v) is 7.18. The summed E-state index contributed by atoms with van der Waals surface area (Å²) in [6.07, 6.45) is 1.72. The molecule has 0 fully saturated rings. The zero-order chi connectivity index (χ0) is 17.7. The fraction of sp³-hybridized carbons (Fsp3) is 0.529. The molecule has 0 bridgehead atoms. The molecule has 7 heteroatoms. The number of hydrogen-bond acceptors (Lipinski definition) is 4. The number of hydrogen-bond donors (Lipinski definition) is 1. The van der Waals surface area contributed by atoms with E-state index < -0.39 is 0 Å². The van der Waals surface area contributed by atoms with Gasteiger partial charge in [0.15, 0.2) is 4.77 Å². The van der Waals surface area contributed by atoms with Crippen molar-refractivity contribution in [1.29, 1.82) is 0 Å².